The third-order valence-corrected chi connectivity index (χ3v) is 4.33. The van der Waals surface area contributed by atoms with Crippen molar-refractivity contribution in [1.82, 2.24) is 14.5 Å². The summed E-state index contributed by atoms with van der Waals surface area (Å²) < 4.78 is 2.86. The van der Waals surface area contributed by atoms with Gasteiger partial charge in [0, 0.05) is 21.7 Å². The number of aromatic nitrogens is 3. The molecular weight excluding hydrogens is 391 g/mol. The van der Waals surface area contributed by atoms with Gasteiger partial charge < -0.3 is 5.32 Å². The molecule has 2 heterocycles. The van der Waals surface area contributed by atoms with Gasteiger partial charge in [0.1, 0.15) is 17.8 Å². The van der Waals surface area contributed by atoms with Gasteiger partial charge in [0.2, 0.25) is 0 Å². The number of benzene rings is 1. The smallest absolute Gasteiger partial charge is 0.274 e. The highest BCUT2D eigenvalue weighted by molar-refractivity contribution is 14.1. The fourth-order valence-corrected chi connectivity index (χ4v) is 2.47. The van der Waals surface area contributed by atoms with Crippen LogP contribution in [-0.4, -0.2) is 20.4 Å². The molecule has 0 radical (unpaired) electrons. The minimum absolute atomic E-state index is 0.235. The van der Waals surface area contributed by atoms with E-state index in [0.29, 0.717) is 11.5 Å². The molecule has 1 aromatic carbocycles. The van der Waals surface area contributed by atoms with Gasteiger partial charge in [-0.3, -0.25) is 9.36 Å². The quantitative estimate of drug-likeness (QED) is 0.681. The maximum absolute atomic E-state index is 12.3. The van der Waals surface area contributed by atoms with E-state index in [-0.39, 0.29) is 5.91 Å². The molecule has 22 heavy (non-hydrogen) atoms. The second kappa shape index (κ2) is 6.27. The van der Waals surface area contributed by atoms with Crippen molar-refractivity contribution in [2.45, 2.75) is 6.92 Å². The average molecular weight is 404 g/mol. The number of halogens is 1. The number of carbonyl (C=O) groups excluding carboxylic acids is 1. The third-order valence-electron chi connectivity index (χ3n) is 3.17. The Morgan fingerprint density at radius 3 is 2.86 bits per heavy atom. The highest BCUT2D eigenvalue weighted by Crippen LogP contribution is 2.17. The molecule has 2 aromatic heterocycles. The Balaban J connectivity index is 1.83. The molecule has 3 rings (SSSR count). The summed E-state index contributed by atoms with van der Waals surface area (Å²) in [7, 11) is 0. The number of carbonyl (C=O) groups is 1. The van der Waals surface area contributed by atoms with Crippen molar-refractivity contribution < 1.29 is 4.79 Å². The number of aryl methyl sites for hydroxylation is 1. The van der Waals surface area contributed by atoms with Gasteiger partial charge in [-0.15, -0.1) is 0 Å². The molecule has 0 unspecified atom stereocenters. The van der Waals surface area contributed by atoms with Gasteiger partial charge in [0.25, 0.3) is 5.91 Å². The molecular formula is C16H13IN4O. The number of hydrogen-bond acceptors (Lipinski definition) is 3. The molecule has 5 nitrogen and oxygen atoms in total. The number of rotatable bonds is 3. The van der Waals surface area contributed by atoms with E-state index in [1.54, 1.807) is 35.4 Å². The Bertz CT molecular complexity index is 815. The molecule has 1 N–H and O–H groups in total. The molecule has 0 bridgehead atoms. The average Bonchev–Trinajstić information content (AvgIpc) is 3.05. The molecule has 1 amide bonds. The van der Waals surface area contributed by atoms with Crippen LogP contribution in [0.25, 0.3) is 5.82 Å². The fraction of sp³-hybridized carbons (Fsp3) is 0.0625. The van der Waals surface area contributed by atoms with Gasteiger partial charge in [-0.1, -0.05) is 12.1 Å². The van der Waals surface area contributed by atoms with Crippen molar-refractivity contribution in [1.29, 1.82) is 0 Å². The monoisotopic (exact) mass is 404 g/mol. The number of amides is 1. The molecule has 0 aliphatic heterocycles. The predicted octanol–water partition coefficient (Wildman–Crippen LogP) is 3.43. The minimum atomic E-state index is -0.235. The van der Waals surface area contributed by atoms with Crippen LogP contribution in [0.2, 0.25) is 0 Å². The third kappa shape index (κ3) is 3.16. The van der Waals surface area contributed by atoms with Crippen LogP contribution in [0.5, 0.6) is 0 Å². The van der Waals surface area contributed by atoms with E-state index in [1.165, 1.54) is 5.56 Å². The summed E-state index contributed by atoms with van der Waals surface area (Å²) in [5, 5.41) is 2.87. The van der Waals surface area contributed by atoms with Crippen LogP contribution < -0.4 is 5.32 Å². The zero-order chi connectivity index (χ0) is 15.5. The lowest BCUT2D eigenvalue weighted by Crippen LogP contribution is -2.14. The first-order chi connectivity index (χ1) is 10.6. The van der Waals surface area contributed by atoms with E-state index in [0.717, 1.165) is 9.26 Å². The number of pyridine rings is 1. The Kier molecular flexibility index (Phi) is 4.19. The summed E-state index contributed by atoms with van der Waals surface area (Å²) in [5.74, 6) is 0.422. The van der Waals surface area contributed by atoms with Gasteiger partial charge in [0.15, 0.2) is 0 Å². The largest absolute Gasteiger partial charge is 0.321 e. The van der Waals surface area contributed by atoms with Crippen LogP contribution in [0, 0.1) is 10.5 Å². The molecule has 0 aliphatic carbocycles. The molecule has 6 heteroatoms. The SMILES string of the molecule is Cc1ccc(NC(=O)c2cccc(-n3ccnc3)n2)cc1I. The van der Waals surface area contributed by atoms with Crippen molar-refractivity contribution in [2.75, 3.05) is 5.32 Å². The van der Waals surface area contributed by atoms with Gasteiger partial charge in [-0.2, -0.15) is 0 Å². The number of nitrogens with one attached hydrogen (secondary N) is 1. The summed E-state index contributed by atoms with van der Waals surface area (Å²) in [5.41, 5.74) is 2.30. The minimum Gasteiger partial charge on any atom is -0.321 e. The van der Waals surface area contributed by atoms with Crippen molar-refractivity contribution >= 4 is 34.2 Å². The fourth-order valence-electron chi connectivity index (χ4n) is 1.95. The number of hydrogen-bond donors (Lipinski definition) is 1. The number of nitrogens with zero attached hydrogens (tertiary/aromatic N) is 3. The molecule has 0 saturated carbocycles. The molecule has 0 fully saturated rings. The van der Waals surface area contributed by atoms with E-state index < -0.39 is 0 Å². The Morgan fingerprint density at radius 1 is 1.27 bits per heavy atom. The van der Waals surface area contributed by atoms with Crippen LogP contribution in [0.1, 0.15) is 16.1 Å². The van der Waals surface area contributed by atoms with Crippen molar-refractivity contribution in [3.05, 3.63) is 69.9 Å². The standard InChI is InChI=1S/C16H13IN4O/c1-11-5-6-12(9-13(11)17)19-16(22)14-3-2-4-15(20-14)21-8-7-18-10-21/h2-10H,1H3,(H,19,22). The van der Waals surface area contributed by atoms with Gasteiger partial charge >= 0.3 is 0 Å². The Hall–Kier alpha value is -2.22. The highest BCUT2D eigenvalue weighted by Gasteiger charge is 2.09. The van der Waals surface area contributed by atoms with Crippen LogP contribution in [0.15, 0.2) is 55.1 Å². The second-order valence-electron chi connectivity index (χ2n) is 4.77. The summed E-state index contributed by atoms with van der Waals surface area (Å²) in [6.07, 6.45) is 5.10. The molecule has 0 saturated heterocycles. The molecule has 0 aliphatic rings. The first-order valence-electron chi connectivity index (χ1n) is 6.66. The summed E-state index contributed by atoms with van der Waals surface area (Å²) in [6.45, 7) is 2.03. The maximum atomic E-state index is 12.3. The summed E-state index contributed by atoms with van der Waals surface area (Å²) >= 11 is 2.25. The van der Waals surface area contributed by atoms with E-state index in [4.69, 9.17) is 0 Å². The van der Waals surface area contributed by atoms with E-state index in [2.05, 4.69) is 37.9 Å². The maximum Gasteiger partial charge on any atom is 0.274 e. The highest BCUT2D eigenvalue weighted by atomic mass is 127. The molecule has 0 spiro atoms. The van der Waals surface area contributed by atoms with Gasteiger partial charge in [-0.05, 0) is 59.3 Å². The molecule has 0 atom stereocenters. The van der Waals surface area contributed by atoms with Gasteiger partial charge in [-0.25, -0.2) is 9.97 Å². The van der Waals surface area contributed by atoms with Crippen LogP contribution in [-0.2, 0) is 0 Å². The van der Waals surface area contributed by atoms with Crippen molar-refractivity contribution in [3.8, 4) is 5.82 Å². The van der Waals surface area contributed by atoms with E-state index >= 15 is 0 Å². The number of anilines is 1. The van der Waals surface area contributed by atoms with Crippen molar-refractivity contribution in [3.63, 3.8) is 0 Å². The second-order valence-corrected chi connectivity index (χ2v) is 5.93. The number of imidazole rings is 1. The van der Waals surface area contributed by atoms with Crippen LogP contribution in [0.3, 0.4) is 0 Å². The molecule has 3 aromatic rings. The van der Waals surface area contributed by atoms with Crippen LogP contribution >= 0.6 is 22.6 Å². The van der Waals surface area contributed by atoms with Crippen molar-refractivity contribution in [2.24, 2.45) is 0 Å². The zero-order valence-corrected chi connectivity index (χ0v) is 14.0. The normalized spacial score (nSPS) is 10.5. The molecule has 110 valence electrons. The Morgan fingerprint density at radius 2 is 2.14 bits per heavy atom. The van der Waals surface area contributed by atoms with Gasteiger partial charge in [0.05, 0.1) is 0 Å². The first kappa shape index (κ1) is 14.7. The van der Waals surface area contributed by atoms with E-state index in [9.17, 15) is 4.79 Å². The van der Waals surface area contributed by atoms with E-state index in [1.807, 2.05) is 31.2 Å². The lowest BCUT2D eigenvalue weighted by Gasteiger charge is -2.08. The predicted molar refractivity (Wildman–Crippen MR) is 93.2 cm³/mol. The lowest BCUT2D eigenvalue weighted by molar-refractivity contribution is 0.102. The topological polar surface area (TPSA) is 59.8 Å². The lowest BCUT2D eigenvalue weighted by atomic mass is 10.2. The van der Waals surface area contributed by atoms with Crippen LogP contribution in [0.4, 0.5) is 5.69 Å². The summed E-state index contributed by atoms with van der Waals surface area (Å²) in [6, 6.07) is 11.1. The first-order valence-corrected chi connectivity index (χ1v) is 7.74. The Labute approximate surface area is 141 Å². The summed E-state index contributed by atoms with van der Waals surface area (Å²) in [4.78, 5) is 20.7. The zero-order valence-electron chi connectivity index (χ0n) is 11.8.